The van der Waals surface area contributed by atoms with Gasteiger partial charge in [-0.05, 0) is 43.2 Å². The number of aromatic amines is 1. The summed E-state index contributed by atoms with van der Waals surface area (Å²) in [5.74, 6) is 0.711. The Morgan fingerprint density at radius 2 is 2.09 bits per heavy atom. The van der Waals surface area contributed by atoms with Crippen LogP contribution in [0.25, 0.3) is 27.6 Å². The van der Waals surface area contributed by atoms with Crippen molar-refractivity contribution in [2.75, 3.05) is 26.0 Å². The Morgan fingerprint density at radius 1 is 1.27 bits per heavy atom. The predicted octanol–water partition coefficient (Wildman–Crippen LogP) is 3.26. The number of benzene rings is 2. The van der Waals surface area contributed by atoms with Crippen molar-refractivity contribution in [3.8, 4) is 11.4 Å². The Balaban J connectivity index is 1.50. The molecule has 1 atom stereocenters. The molecule has 170 valence electrons. The first-order valence-electron chi connectivity index (χ1n) is 10.8. The number of nitrogens with one attached hydrogen (secondary N) is 2. The molecule has 1 fully saturated rings. The lowest BCUT2D eigenvalue weighted by molar-refractivity contribution is -0.119. The molecule has 0 aliphatic carbocycles. The zero-order valence-electron chi connectivity index (χ0n) is 18.2. The molecule has 2 aromatic heterocycles. The molecule has 9 heteroatoms. The summed E-state index contributed by atoms with van der Waals surface area (Å²) >= 11 is 1.24. The van der Waals surface area contributed by atoms with Crippen molar-refractivity contribution in [2.24, 2.45) is 0 Å². The maximum absolute atomic E-state index is 13.5. The largest absolute Gasteiger partial charge is 0.497 e. The summed E-state index contributed by atoms with van der Waals surface area (Å²) < 4.78 is 12.3. The zero-order chi connectivity index (χ0) is 22.8. The quantitative estimate of drug-likeness (QED) is 0.322. The van der Waals surface area contributed by atoms with Crippen molar-refractivity contribution in [1.29, 1.82) is 0 Å². The lowest BCUT2D eigenvalue weighted by Crippen LogP contribution is -2.33. The van der Waals surface area contributed by atoms with Crippen molar-refractivity contribution >= 4 is 39.6 Å². The summed E-state index contributed by atoms with van der Waals surface area (Å²) in [6, 6.07) is 14.9. The van der Waals surface area contributed by atoms with Gasteiger partial charge in [-0.3, -0.25) is 14.2 Å². The van der Waals surface area contributed by atoms with Crippen LogP contribution < -0.4 is 15.6 Å². The normalized spacial score (nSPS) is 15.8. The second-order valence-electron chi connectivity index (χ2n) is 7.85. The molecule has 2 N–H and O–H groups in total. The van der Waals surface area contributed by atoms with E-state index in [9.17, 15) is 9.59 Å². The number of hydrogen-bond donors (Lipinski definition) is 2. The molecule has 2 aromatic carbocycles. The van der Waals surface area contributed by atoms with E-state index in [0.29, 0.717) is 34.2 Å². The molecule has 0 spiro atoms. The molecule has 0 saturated carbocycles. The highest BCUT2D eigenvalue weighted by Crippen LogP contribution is 2.27. The van der Waals surface area contributed by atoms with Gasteiger partial charge in [-0.1, -0.05) is 30.0 Å². The van der Waals surface area contributed by atoms with Gasteiger partial charge in [0, 0.05) is 24.1 Å². The van der Waals surface area contributed by atoms with E-state index in [4.69, 9.17) is 14.5 Å². The van der Waals surface area contributed by atoms with Crippen molar-refractivity contribution in [1.82, 2.24) is 19.9 Å². The standard InChI is InChI=1S/C24H24N4O4S/c1-31-16-10-8-15(9-11-16)28-23(30)22-21(18-6-2-3-7-19(18)26-22)27-24(28)33-14-20(29)25-13-17-5-4-12-32-17/h2-3,6-11,17,26H,4-5,12-14H2,1H3,(H,25,29)/t17-/m0/s1. The van der Waals surface area contributed by atoms with Crippen LogP contribution in [0.4, 0.5) is 0 Å². The molecule has 4 aromatic rings. The summed E-state index contributed by atoms with van der Waals surface area (Å²) in [5, 5.41) is 4.25. The lowest BCUT2D eigenvalue weighted by atomic mass is 10.2. The third-order valence-electron chi connectivity index (χ3n) is 5.71. The van der Waals surface area contributed by atoms with Gasteiger partial charge in [0.2, 0.25) is 5.91 Å². The zero-order valence-corrected chi connectivity index (χ0v) is 19.0. The van der Waals surface area contributed by atoms with Crippen LogP contribution in [-0.4, -0.2) is 52.6 Å². The minimum absolute atomic E-state index is 0.0807. The molecule has 1 saturated heterocycles. The van der Waals surface area contributed by atoms with Crippen molar-refractivity contribution < 1.29 is 14.3 Å². The van der Waals surface area contributed by atoms with E-state index in [-0.39, 0.29) is 23.3 Å². The second-order valence-corrected chi connectivity index (χ2v) is 8.80. The van der Waals surface area contributed by atoms with E-state index in [2.05, 4.69) is 10.3 Å². The molecule has 0 radical (unpaired) electrons. The third-order valence-corrected chi connectivity index (χ3v) is 6.65. The number of nitrogens with zero attached hydrogens (tertiary/aromatic N) is 2. The van der Waals surface area contributed by atoms with Gasteiger partial charge in [-0.15, -0.1) is 0 Å². The number of hydrogen-bond acceptors (Lipinski definition) is 6. The Kier molecular flexibility index (Phi) is 6.06. The number of methoxy groups -OCH3 is 1. The third kappa shape index (κ3) is 4.34. The summed E-state index contributed by atoms with van der Waals surface area (Å²) in [4.78, 5) is 34.0. The molecule has 3 heterocycles. The summed E-state index contributed by atoms with van der Waals surface area (Å²) in [6.07, 6.45) is 2.07. The first-order valence-corrected chi connectivity index (χ1v) is 11.8. The Bertz CT molecular complexity index is 1360. The van der Waals surface area contributed by atoms with Crippen LogP contribution in [0.3, 0.4) is 0 Å². The van der Waals surface area contributed by atoms with Crippen molar-refractivity contribution in [3.63, 3.8) is 0 Å². The smallest absolute Gasteiger partial charge is 0.283 e. The fourth-order valence-electron chi connectivity index (χ4n) is 4.01. The minimum atomic E-state index is -0.219. The fourth-order valence-corrected chi connectivity index (χ4v) is 4.85. The number of rotatable bonds is 7. The summed E-state index contributed by atoms with van der Waals surface area (Å²) in [5.41, 5.74) is 2.30. The highest BCUT2D eigenvalue weighted by molar-refractivity contribution is 7.99. The van der Waals surface area contributed by atoms with Crippen LogP contribution in [0.5, 0.6) is 5.75 Å². The average molecular weight is 465 g/mol. The number of ether oxygens (including phenoxy) is 2. The Morgan fingerprint density at radius 3 is 2.85 bits per heavy atom. The Hall–Kier alpha value is -3.30. The van der Waals surface area contributed by atoms with Crippen LogP contribution in [0.1, 0.15) is 12.8 Å². The predicted molar refractivity (Wildman–Crippen MR) is 128 cm³/mol. The van der Waals surface area contributed by atoms with Gasteiger partial charge < -0.3 is 19.8 Å². The number of thioether (sulfide) groups is 1. The molecule has 1 aliphatic rings. The maximum atomic E-state index is 13.5. The number of amides is 1. The van der Waals surface area contributed by atoms with Crippen LogP contribution in [-0.2, 0) is 9.53 Å². The molecule has 0 bridgehead atoms. The molecule has 33 heavy (non-hydrogen) atoms. The van der Waals surface area contributed by atoms with Crippen LogP contribution in [0, 0.1) is 0 Å². The minimum Gasteiger partial charge on any atom is -0.497 e. The maximum Gasteiger partial charge on any atom is 0.283 e. The van der Waals surface area contributed by atoms with Gasteiger partial charge in [0.25, 0.3) is 5.56 Å². The number of para-hydroxylation sites is 1. The molecular formula is C24H24N4O4S. The number of aromatic nitrogens is 3. The second kappa shape index (κ2) is 9.29. The van der Waals surface area contributed by atoms with Gasteiger partial charge in [0.1, 0.15) is 16.8 Å². The van der Waals surface area contributed by atoms with Crippen molar-refractivity contribution in [3.05, 3.63) is 58.9 Å². The average Bonchev–Trinajstić information content (AvgIpc) is 3.50. The SMILES string of the molecule is COc1ccc(-n2c(SCC(=O)NC[C@@H]3CCCO3)nc3c([nH]c4ccccc43)c2=O)cc1. The summed E-state index contributed by atoms with van der Waals surface area (Å²) in [6.45, 7) is 1.25. The monoisotopic (exact) mass is 464 g/mol. The number of H-pyrrole nitrogens is 1. The lowest BCUT2D eigenvalue weighted by Gasteiger charge is -2.13. The van der Waals surface area contributed by atoms with Crippen molar-refractivity contribution in [2.45, 2.75) is 24.1 Å². The van der Waals surface area contributed by atoms with E-state index in [1.807, 2.05) is 24.3 Å². The molecule has 1 aliphatic heterocycles. The van der Waals surface area contributed by atoms with E-state index in [1.165, 1.54) is 16.3 Å². The van der Waals surface area contributed by atoms with Gasteiger partial charge in [-0.25, -0.2) is 4.98 Å². The van der Waals surface area contributed by atoms with Crippen LogP contribution in [0.2, 0.25) is 0 Å². The number of carbonyl (C=O) groups is 1. The van der Waals surface area contributed by atoms with Gasteiger partial charge in [0.05, 0.1) is 24.7 Å². The number of carbonyl (C=O) groups excluding carboxylic acids is 1. The molecule has 5 rings (SSSR count). The van der Waals surface area contributed by atoms with Gasteiger partial charge in [0.15, 0.2) is 5.16 Å². The summed E-state index contributed by atoms with van der Waals surface area (Å²) in [7, 11) is 1.59. The molecule has 8 nitrogen and oxygen atoms in total. The first-order chi connectivity index (χ1) is 16.1. The topological polar surface area (TPSA) is 98.2 Å². The molecule has 1 amide bonds. The van der Waals surface area contributed by atoms with E-state index in [0.717, 1.165) is 30.4 Å². The van der Waals surface area contributed by atoms with Crippen LogP contribution in [0.15, 0.2) is 58.5 Å². The van der Waals surface area contributed by atoms with E-state index >= 15 is 0 Å². The highest BCUT2D eigenvalue weighted by atomic mass is 32.2. The molecule has 0 unspecified atom stereocenters. The first kappa shape index (κ1) is 21.5. The number of fused-ring (bicyclic) bond motifs is 3. The highest BCUT2D eigenvalue weighted by Gasteiger charge is 2.19. The Labute approximate surface area is 194 Å². The van der Waals surface area contributed by atoms with E-state index in [1.54, 1.807) is 31.4 Å². The molecular weight excluding hydrogens is 440 g/mol. The van der Waals surface area contributed by atoms with E-state index < -0.39 is 0 Å². The van der Waals surface area contributed by atoms with Crippen LogP contribution >= 0.6 is 11.8 Å². The van der Waals surface area contributed by atoms with Gasteiger partial charge >= 0.3 is 0 Å². The fraction of sp³-hybridized carbons (Fsp3) is 0.292. The van der Waals surface area contributed by atoms with Gasteiger partial charge in [-0.2, -0.15) is 0 Å².